The van der Waals surface area contributed by atoms with Gasteiger partial charge in [0.25, 0.3) is 0 Å². The van der Waals surface area contributed by atoms with Crippen molar-refractivity contribution < 1.29 is 9.53 Å². The molecular weight excluding hydrogens is 316 g/mol. The summed E-state index contributed by atoms with van der Waals surface area (Å²) in [7, 11) is 1.34. The van der Waals surface area contributed by atoms with Gasteiger partial charge in [0.1, 0.15) is 5.82 Å². The number of hydrogen-bond acceptors (Lipinski definition) is 6. The molecule has 7 heteroatoms. The molecule has 23 heavy (non-hydrogen) atoms. The van der Waals surface area contributed by atoms with Gasteiger partial charge in [0.05, 0.1) is 23.4 Å². The van der Waals surface area contributed by atoms with Gasteiger partial charge in [-0.15, -0.1) is 0 Å². The zero-order valence-electron chi connectivity index (χ0n) is 12.8. The molecule has 0 amide bonds. The Morgan fingerprint density at radius 3 is 2.83 bits per heavy atom. The van der Waals surface area contributed by atoms with E-state index in [2.05, 4.69) is 20.2 Å². The number of carbonyl (C=O) groups excluding carboxylic acids is 1. The number of anilines is 3. The first-order chi connectivity index (χ1) is 11.2. The average molecular weight is 333 g/mol. The summed E-state index contributed by atoms with van der Waals surface area (Å²) in [4.78, 5) is 22.6. The van der Waals surface area contributed by atoms with Crippen LogP contribution in [-0.4, -0.2) is 36.1 Å². The molecule has 6 nitrogen and oxygen atoms in total. The van der Waals surface area contributed by atoms with Crippen LogP contribution in [0.25, 0.3) is 0 Å². The van der Waals surface area contributed by atoms with Crippen LogP contribution in [0.5, 0.6) is 0 Å². The number of hydrogen-bond donors (Lipinski definition) is 1. The van der Waals surface area contributed by atoms with Crippen LogP contribution in [0.2, 0.25) is 5.02 Å². The predicted molar refractivity (Wildman–Crippen MR) is 89.6 cm³/mol. The van der Waals surface area contributed by atoms with Gasteiger partial charge in [-0.25, -0.2) is 9.78 Å². The number of aromatic nitrogens is 2. The third-order valence-electron chi connectivity index (χ3n) is 3.68. The molecule has 1 aliphatic rings. The van der Waals surface area contributed by atoms with E-state index >= 15 is 0 Å². The largest absolute Gasteiger partial charge is 0.465 e. The lowest BCUT2D eigenvalue weighted by Gasteiger charge is -2.16. The quantitative estimate of drug-likeness (QED) is 0.867. The molecule has 0 atom stereocenters. The van der Waals surface area contributed by atoms with Crippen molar-refractivity contribution in [3.8, 4) is 0 Å². The number of benzene rings is 1. The molecule has 1 N–H and O–H groups in total. The fraction of sp³-hybridized carbons (Fsp3) is 0.312. The molecule has 1 fully saturated rings. The summed E-state index contributed by atoms with van der Waals surface area (Å²) in [5.41, 5.74) is 1.02. The topological polar surface area (TPSA) is 67.3 Å². The number of methoxy groups -OCH3 is 1. The highest BCUT2D eigenvalue weighted by Gasteiger charge is 2.15. The van der Waals surface area contributed by atoms with Gasteiger partial charge in [0, 0.05) is 19.3 Å². The molecule has 3 rings (SSSR count). The predicted octanol–water partition coefficient (Wildman–Crippen LogP) is 3.26. The average Bonchev–Trinajstić information content (AvgIpc) is 3.11. The van der Waals surface area contributed by atoms with Crippen molar-refractivity contribution in [2.24, 2.45) is 0 Å². The first-order valence-corrected chi connectivity index (χ1v) is 7.78. The van der Waals surface area contributed by atoms with Crippen LogP contribution in [0.1, 0.15) is 23.2 Å². The Balaban J connectivity index is 1.84. The lowest BCUT2D eigenvalue weighted by molar-refractivity contribution is 0.0601. The molecule has 0 bridgehead atoms. The van der Waals surface area contributed by atoms with Gasteiger partial charge in [-0.05, 0) is 37.1 Å². The van der Waals surface area contributed by atoms with Crippen molar-refractivity contribution in [1.82, 2.24) is 9.97 Å². The van der Waals surface area contributed by atoms with Gasteiger partial charge in [0.15, 0.2) is 0 Å². The molecule has 1 aliphatic heterocycles. The molecule has 0 unspecified atom stereocenters. The van der Waals surface area contributed by atoms with E-state index in [1.165, 1.54) is 7.11 Å². The molecule has 0 radical (unpaired) electrons. The molecule has 0 saturated carbocycles. The van der Waals surface area contributed by atoms with Crippen molar-refractivity contribution in [2.45, 2.75) is 12.8 Å². The molecule has 2 aromatic rings. The van der Waals surface area contributed by atoms with Gasteiger partial charge in [-0.2, -0.15) is 4.98 Å². The molecule has 0 spiro atoms. The maximum atomic E-state index is 11.6. The number of halogens is 1. The van der Waals surface area contributed by atoms with Crippen molar-refractivity contribution in [3.05, 3.63) is 41.0 Å². The van der Waals surface area contributed by atoms with Crippen LogP contribution in [0, 0.1) is 0 Å². The van der Waals surface area contributed by atoms with Crippen LogP contribution in [0.4, 0.5) is 17.5 Å². The molecule has 120 valence electrons. The monoisotopic (exact) mass is 332 g/mol. The Bertz CT molecular complexity index is 717. The summed E-state index contributed by atoms with van der Waals surface area (Å²) in [6, 6.07) is 6.68. The molecule has 1 aromatic heterocycles. The highest BCUT2D eigenvalue weighted by Crippen LogP contribution is 2.27. The number of nitrogens with one attached hydrogen (secondary N) is 1. The summed E-state index contributed by atoms with van der Waals surface area (Å²) >= 11 is 6.19. The van der Waals surface area contributed by atoms with Crippen LogP contribution in [0.3, 0.4) is 0 Å². The van der Waals surface area contributed by atoms with E-state index in [-0.39, 0.29) is 0 Å². The minimum atomic E-state index is -0.412. The standard InChI is InChI=1S/C16H17ClN4O2/c1-23-15(22)11-4-5-12(17)13(10-11)19-14-6-7-18-16(20-14)21-8-2-3-9-21/h4-7,10H,2-3,8-9H2,1H3,(H,18,19,20). The van der Waals surface area contributed by atoms with Crippen LogP contribution >= 0.6 is 11.6 Å². The second kappa shape index (κ2) is 6.83. The van der Waals surface area contributed by atoms with E-state index in [4.69, 9.17) is 16.3 Å². The van der Waals surface area contributed by atoms with Crippen LogP contribution < -0.4 is 10.2 Å². The fourth-order valence-corrected chi connectivity index (χ4v) is 2.66. The molecule has 1 aromatic carbocycles. The first-order valence-electron chi connectivity index (χ1n) is 7.40. The summed E-state index contributed by atoms with van der Waals surface area (Å²) in [6.45, 7) is 1.95. The lowest BCUT2D eigenvalue weighted by atomic mass is 10.2. The third-order valence-corrected chi connectivity index (χ3v) is 4.01. The Kier molecular flexibility index (Phi) is 4.62. The van der Waals surface area contributed by atoms with Crippen molar-refractivity contribution in [3.63, 3.8) is 0 Å². The zero-order valence-corrected chi connectivity index (χ0v) is 13.5. The van der Waals surface area contributed by atoms with Crippen LogP contribution in [0.15, 0.2) is 30.5 Å². The summed E-state index contributed by atoms with van der Waals surface area (Å²) in [5.74, 6) is 0.920. The maximum Gasteiger partial charge on any atom is 0.337 e. The van der Waals surface area contributed by atoms with Gasteiger partial charge in [-0.3, -0.25) is 0 Å². The van der Waals surface area contributed by atoms with E-state index in [9.17, 15) is 4.79 Å². The number of rotatable bonds is 4. The Morgan fingerprint density at radius 2 is 2.09 bits per heavy atom. The van der Waals surface area contributed by atoms with Crippen molar-refractivity contribution >= 4 is 35.0 Å². The second-order valence-corrected chi connectivity index (χ2v) is 5.65. The van der Waals surface area contributed by atoms with Crippen molar-refractivity contribution in [2.75, 3.05) is 30.4 Å². The summed E-state index contributed by atoms with van der Waals surface area (Å²) < 4.78 is 4.73. The highest BCUT2D eigenvalue weighted by atomic mass is 35.5. The van der Waals surface area contributed by atoms with Gasteiger partial charge < -0.3 is 15.0 Å². The third kappa shape index (κ3) is 3.53. The zero-order chi connectivity index (χ0) is 16.2. The number of ether oxygens (including phenoxy) is 1. The van der Waals surface area contributed by atoms with Crippen LogP contribution in [-0.2, 0) is 4.74 Å². The Morgan fingerprint density at radius 1 is 1.30 bits per heavy atom. The van der Waals surface area contributed by atoms with Gasteiger partial charge in [0.2, 0.25) is 5.95 Å². The molecular formula is C16H17ClN4O2. The number of esters is 1. The SMILES string of the molecule is COC(=O)c1ccc(Cl)c(Nc2ccnc(N3CCCC3)n2)c1. The molecule has 2 heterocycles. The van der Waals surface area contributed by atoms with E-state index in [0.717, 1.165) is 25.9 Å². The van der Waals surface area contributed by atoms with Gasteiger partial charge in [-0.1, -0.05) is 11.6 Å². The maximum absolute atomic E-state index is 11.6. The smallest absolute Gasteiger partial charge is 0.337 e. The minimum Gasteiger partial charge on any atom is -0.465 e. The minimum absolute atomic E-state index is 0.412. The van der Waals surface area contributed by atoms with Crippen molar-refractivity contribution in [1.29, 1.82) is 0 Å². The Labute approximate surface area is 139 Å². The van der Waals surface area contributed by atoms with Gasteiger partial charge >= 0.3 is 5.97 Å². The summed E-state index contributed by atoms with van der Waals surface area (Å²) in [5, 5.41) is 3.64. The molecule has 0 aliphatic carbocycles. The van der Waals surface area contributed by atoms with E-state index < -0.39 is 5.97 Å². The number of carbonyl (C=O) groups is 1. The summed E-state index contributed by atoms with van der Waals surface area (Å²) in [6.07, 6.45) is 4.03. The normalized spacial score (nSPS) is 13.9. The fourth-order valence-electron chi connectivity index (χ4n) is 2.49. The first kappa shape index (κ1) is 15.6. The van der Waals surface area contributed by atoms with E-state index in [1.54, 1.807) is 30.5 Å². The number of nitrogens with zero attached hydrogens (tertiary/aromatic N) is 3. The Hall–Kier alpha value is -2.34. The van der Waals surface area contributed by atoms with E-state index in [0.29, 0.717) is 28.0 Å². The molecule has 1 saturated heterocycles. The lowest BCUT2D eigenvalue weighted by Crippen LogP contribution is -2.20. The highest BCUT2D eigenvalue weighted by molar-refractivity contribution is 6.33. The second-order valence-electron chi connectivity index (χ2n) is 5.25. The van der Waals surface area contributed by atoms with E-state index in [1.807, 2.05) is 0 Å².